The number of aliphatic hydroxyl groups excluding tert-OH is 22. The summed E-state index contributed by atoms with van der Waals surface area (Å²) in [4.78, 5) is 49.4. The van der Waals surface area contributed by atoms with Crippen molar-refractivity contribution in [3.8, 4) is 0 Å². The van der Waals surface area contributed by atoms with Crippen molar-refractivity contribution in [3.05, 3.63) is 0 Å². The Balaban J connectivity index is 0.977. The molecule has 8 heterocycles. The zero-order valence-electron chi connectivity index (χ0n) is 56.1. The van der Waals surface area contributed by atoms with E-state index in [0.717, 1.165) is 20.8 Å². The van der Waals surface area contributed by atoms with E-state index in [1.165, 1.54) is 6.92 Å². The molecule has 8 fully saturated rings. The minimum Gasteiger partial charge on any atom is -0.394 e. The van der Waals surface area contributed by atoms with Gasteiger partial charge >= 0.3 is 0 Å². The third kappa shape index (κ3) is 19.2. The molecule has 104 heavy (non-hydrogen) atoms. The highest BCUT2D eigenvalue weighted by molar-refractivity contribution is 5.74. The molecule has 26 N–H and O–H groups in total. The van der Waals surface area contributed by atoms with Gasteiger partial charge in [0.1, 0.15) is 189 Å². The van der Waals surface area contributed by atoms with Crippen LogP contribution in [-0.2, 0) is 95.0 Å². The minimum absolute atomic E-state index is 0.262. The van der Waals surface area contributed by atoms with Crippen LogP contribution < -0.4 is 21.3 Å². The van der Waals surface area contributed by atoms with Crippen LogP contribution in [0.25, 0.3) is 0 Å². The Hall–Kier alpha value is -3.64. The molecular weight excluding hydrogens is 1420 g/mol. The summed E-state index contributed by atoms with van der Waals surface area (Å²) in [6, 6.07) is -6.53. The van der Waals surface area contributed by atoms with E-state index < -0.39 is 329 Å². The lowest BCUT2D eigenvalue weighted by molar-refractivity contribution is -0.389. The molecule has 4 amide bonds. The number of hydrogen-bond donors (Lipinski definition) is 26. The molecule has 0 aromatic heterocycles. The normalized spacial score (nSPS) is 47.6. The van der Waals surface area contributed by atoms with E-state index >= 15 is 0 Å². The minimum atomic E-state index is -2.34. The molecule has 46 heteroatoms. The van der Waals surface area contributed by atoms with E-state index in [4.69, 9.17) is 75.8 Å². The van der Waals surface area contributed by atoms with Gasteiger partial charge in [0.2, 0.25) is 24.1 Å². The summed E-state index contributed by atoms with van der Waals surface area (Å²) in [5.41, 5.74) is 0. The van der Waals surface area contributed by atoms with Crippen LogP contribution in [0.3, 0.4) is 0 Å². The van der Waals surface area contributed by atoms with Gasteiger partial charge in [-0.2, -0.15) is 0 Å². The summed E-state index contributed by atoms with van der Waals surface area (Å²) < 4.78 is 93.2. The van der Waals surface area contributed by atoms with E-state index in [1.807, 2.05) is 0 Å². The first-order valence-corrected chi connectivity index (χ1v) is 33.2. The highest BCUT2D eigenvalue weighted by atomic mass is 16.8. The molecule has 602 valence electrons. The number of amides is 4. The Morgan fingerprint density at radius 2 is 0.615 bits per heavy atom. The second-order valence-corrected chi connectivity index (χ2v) is 26.0. The number of ether oxygens (including phenoxy) is 16. The van der Waals surface area contributed by atoms with Crippen molar-refractivity contribution in [1.82, 2.24) is 21.3 Å². The van der Waals surface area contributed by atoms with Crippen molar-refractivity contribution >= 4 is 24.1 Å². The van der Waals surface area contributed by atoms with Gasteiger partial charge in [-0.25, -0.2) is 0 Å². The molecule has 0 aromatic rings. The molecule has 0 radical (unpaired) electrons. The van der Waals surface area contributed by atoms with Crippen LogP contribution in [-0.4, -0.2) is 447 Å². The van der Waals surface area contributed by atoms with Gasteiger partial charge in [0, 0.05) is 20.8 Å². The van der Waals surface area contributed by atoms with Gasteiger partial charge in [0.25, 0.3) is 0 Å². The smallest absolute Gasteiger partial charge is 0.217 e. The predicted octanol–water partition coefficient (Wildman–Crippen LogP) is -17.9. The van der Waals surface area contributed by atoms with Crippen LogP contribution in [0.1, 0.15) is 27.7 Å². The molecule has 0 unspecified atom stereocenters. The molecule has 0 aromatic carbocycles. The van der Waals surface area contributed by atoms with Crippen molar-refractivity contribution in [3.63, 3.8) is 0 Å². The van der Waals surface area contributed by atoms with E-state index in [0.29, 0.717) is 0 Å². The third-order valence-electron chi connectivity index (χ3n) is 18.8. The average molecular weight is 1520 g/mol. The van der Waals surface area contributed by atoms with E-state index in [1.54, 1.807) is 0 Å². The van der Waals surface area contributed by atoms with Crippen LogP contribution in [0.4, 0.5) is 0 Å². The number of nitrogens with one attached hydrogen (secondary N) is 4. The first-order chi connectivity index (χ1) is 49.3. The molecule has 0 aliphatic carbocycles. The monoisotopic (exact) mass is 1520 g/mol. The highest BCUT2D eigenvalue weighted by Crippen LogP contribution is 2.39. The first-order valence-electron chi connectivity index (χ1n) is 33.2. The Bertz CT molecular complexity index is 2680. The lowest BCUT2D eigenvalue weighted by Gasteiger charge is -2.51. The highest BCUT2D eigenvalue weighted by Gasteiger charge is 2.60. The Labute approximate surface area is 590 Å². The maximum absolute atomic E-state index is 12.9. The second-order valence-electron chi connectivity index (χ2n) is 26.0. The summed E-state index contributed by atoms with van der Waals surface area (Å²) in [5.74, 6) is -2.69. The van der Waals surface area contributed by atoms with E-state index in [2.05, 4.69) is 21.3 Å². The number of carbonyl (C=O) groups excluding carboxylic acids is 4. The fraction of sp³-hybridized carbons (Fsp3) is 0.931. The molecule has 8 aliphatic heterocycles. The largest absolute Gasteiger partial charge is 0.394 e. The Morgan fingerprint density at radius 3 is 0.971 bits per heavy atom. The Morgan fingerprint density at radius 1 is 0.327 bits per heavy atom. The van der Waals surface area contributed by atoms with Gasteiger partial charge in [-0.1, -0.05) is 0 Å². The van der Waals surface area contributed by atoms with Crippen LogP contribution in [0.2, 0.25) is 0 Å². The summed E-state index contributed by atoms with van der Waals surface area (Å²) in [7, 11) is 0. The molecule has 0 saturated carbocycles. The molecule has 0 bridgehead atoms. The van der Waals surface area contributed by atoms with Crippen LogP contribution in [0, 0.1) is 0 Å². The zero-order valence-corrected chi connectivity index (χ0v) is 56.1. The fourth-order valence-electron chi connectivity index (χ4n) is 13.2. The molecular formula is C58H98N4O42. The number of carbonyl (C=O) groups is 4. The zero-order chi connectivity index (χ0) is 76.6. The Kier molecular flexibility index (Phi) is 31.7. The number of hydrogen-bond acceptors (Lipinski definition) is 42. The molecule has 41 atom stereocenters. The standard InChI is InChI=1S/C58H98N4O42/c1-15-30(75)37(82)39(84)55(90-15)101-47-29(62-18(4)74)53(91-20(6-64)31(47)76)104-50-34(79)23(9-67)93-57(43(50)88)99-45-25(11-69)95-51(27(36(45)81)60-16(2)72)102-48-32(77)21(7-65)92-56(41(48)86)98-44-24(10-68)96-52(28(35(44)80)61-17(3)73)103-49-33(78)22(8-66)94-58(42(49)87)100-46-26(12-70)97-54(40(85)38(46)83)89-13-19(5-63)59-14-71/h14-15,19-58,63-70,75-88H,5-13H2,1-4H3,(H,59,71)(H,60,72)(H,61,73)(H,62,74)/t15-,19+,20+,21+,22+,23+,24+,25+,26+,27+,28+,29+,30+,31+,32-,33-,34-,35+,36+,37+,38+,39-,40+,41+,42+,43+,44+,45+,46+,47+,48-,49-,50-,51-,52-,53-,54+,55-,56-,57-,58-/m0/s1. The molecule has 8 saturated heterocycles. The second kappa shape index (κ2) is 38.3. The van der Waals surface area contributed by atoms with E-state index in [9.17, 15) is 132 Å². The van der Waals surface area contributed by atoms with Crippen molar-refractivity contribution in [2.24, 2.45) is 0 Å². The maximum atomic E-state index is 12.9. The quantitative estimate of drug-likeness (QED) is 0.0297. The molecule has 8 rings (SSSR count). The van der Waals surface area contributed by atoms with Crippen LogP contribution >= 0.6 is 0 Å². The first kappa shape index (κ1) is 86.0. The van der Waals surface area contributed by atoms with Gasteiger partial charge in [-0.05, 0) is 6.92 Å². The van der Waals surface area contributed by atoms with Gasteiger partial charge < -0.3 is 209 Å². The predicted molar refractivity (Wildman–Crippen MR) is 322 cm³/mol. The summed E-state index contributed by atoms with van der Waals surface area (Å²) >= 11 is 0. The van der Waals surface area contributed by atoms with Crippen molar-refractivity contribution in [2.45, 2.75) is 279 Å². The van der Waals surface area contributed by atoms with Crippen LogP contribution in [0.5, 0.6) is 0 Å². The van der Waals surface area contributed by atoms with Gasteiger partial charge in [0.05, 0.1) is 71.6 Å². The van der Waals surface area contributed by atoms with E-state index in [-0.39, 0.29) is 6.41 Å². The lowest BCUT2D eigenvalue weighted by atomic mass is 9.93. The number of aliphatic hydroxyl groups is 22. The number of rotatable bonds is 30. The topological polar surface area (TPSA) is 709 Å². The maximum Gasteiger partial charge on any atom is 0.217 e. The summed E-state index contributed by atoms with van der Waals surface area (Å²) in [5, 5.41) is 252. The summed E-state index contributed by atoms with van der Waals surface area (Å²) in [6.45, 7) is -4.31. The SMILES string of the molecule is CC(=O)N[C@H]1[C@H](O[C@H]2[C@@H](O)[C@@H](CO)O[C@@H](O[C@H]3[C@H](O)[C@@H](O)[C@H](OC[C@@H](CO)NC=O)O[C@@H]3CO)[C@@H]2O)O[C@H](CO)[C@@H](O[C@@H]2O[C@H](CO)[C@H](O)[C@H](O[C@@H]3O[C@H](CO)[C@@H](O[C@@H]4O[C@H](CO)[C@H](O)[C@H](O[C@@H]5O[C@H](CO)[C@@H](O)[C@H](O[C@@H]6O[C@@H](C)[C@@H](O)[C@@H](O)[C@@H]6O)[C@H]5NC(C)=O)[C@H]4O)[C@H](O)[C@H]3NC(C)=O)[C@H]2O)[C@@H]1O. The average Bonchev–Trinajstić information content (AvgIpc) is 0.770. The summed E-state index contributed by atoms with van der Waals surface area (Å²) in [6.07, 6.45) is -72.1. The third-order valence-corrected chi connectivity index (χ3v) is 18.8. The lowest BCUT2D eigenvalue weighted by Crippen LogP contribution is -2.71. The molecule has 8 aliphatic rings. The van der Waals surface area contributed by atoms with Gasteiger partial charge in [-0.3, -0.25) is 19.2 Å². The van der Waals surface area contributed by atoms with Gasteiger partial charge in [0.15, 0.2) is 50.3 Å². The van der Waals surface area contributed by atoms with Crippen molar-refractivity contribution < 1.29 is 207 Å². The van der Waals surface area contributed by atoms with Crippen LogP contribution in [0.15, 0.2) is 0 Å². The van der Waals surface area contributed by atoms with Gasteiger partial charge in [-0.15, -0.1) is 0 Å². The molecule has 46 nitrogen and oxygen atoms in total. The molecule has 0 spiro atoms. The van der Waals surface area contributed by atoms with Crippen molar-refractivity contribution in [2.75, 3.05) is 59.5 Å². The fourth-order valence-corrected chi connectivity index (χ4v) is 13.2. The van der Waals surface area contributed by atoms with Crippen molar-refractivity contribution in [1.29, 1.82) is 0 Å².